The number of hydrogen-bond donors (Lipinski definition) is 1. The summed E-state index contributed by atoms with van der Waals surface area (Å²) < 4.78 is 13.9. The molecule has 126 valence electrons. The molecule has 1 aliphatic rings. The van der Waals surface area contributed by atoms with Crippen molar-refractivity contribution in [3.8, 4) is 0 Å². The minimum atomic E-state index is -0.599. The average molecular weight is 341 g/mol. The molecule has 4 nitrogen and oxygen atoms in total. The van der Waals surface area contributed by atoms with Crippen LogP contribution >= 0.6 is 11.6 Å². The predicted molar refractivity (Wildman–Crippen MR) is 87.9 cm³/mol. The Balaban J connectivity index is 2.00. The molecule has 1 saturated heterocycles. The molecule has 2 amide bonds. The zero-order valence-electron chi connectivity index (χ0n) is 13.4. The minimum absolute atomic E-state index is 0.00518. The van der Waals surface area contributed by atoms with E-state index in [1.54, 1.807) is 4.90 Å². The zero-order chi connectivity index (χ0) is 17.0. The van der Waals surface area contributed by atoms with Crippen molar-refractivity contribution in [1.82, 2.24) is 10.2 Å². The summed E-state index contributed by atoms with van der Waals surface area (Å²) in [6.45, 7) is 5.30. The number of halogens is 2. The molecule has 0 spiro atoms. The molecule has 0 saturated carbocycles. The van der Waals surface area contributed by atoms with Crippen LogP contribution in [0.15, 0.2) is 18.2 Å². The van der Waals surface area contributed by atoms with E-state index in [2.05, 4.69) is 5.32 Å². The van der Waals surface area contributed by atoms with Crippen molar-refractivity contribution in [1.29, 1.82) is 0 Å². The quantitative estimate of drug-likeness (QED) is 0.915. The Bertz CT molecular complexity index is 572. The summed E-state index contributed by atoms with van der Waals surface area (Å²) >= 11 is 5.97. The predicted octanol–water partition coefficient (Wildman–Crippen LogP) is 3.10. The third kappa shape index (κ3) is 4.44. The van der Waals surface area contributed by atoms with Crippen LogP contribution in [0, 0.1) is 17.7 Å². The maximum Gasteiger partial charge on any atom is 0.258 e. The second kappa shape index (κ2) is 7.77. The minimum Gasteiger partial charge on any atom is -0.356 e. The van der Waals surface area contributed by atoms with Crippen molar-refractivity contribution in [2.75, 3.05) is 19.6 Å². The van der Waals surface area contributed by atoms with Gasteiger partial charge in [0.2, 0.25) is 5.91 Å². The molecular weight excluding hydrogens is 319 g/mol. The maximum atomic E-state index is 13.9. The van der Waals surface area contributed by atoms with Crippen LogP contribution in [0.3, 0.4) is 0 Å². The first-order chi connectivity index (χ1) is 10.9. The van der Waals surface area contributed by atoms with E-state index < -0.39 is 5.82 Å². The van der Waals surface area contributed by atoms with Gasteiger partial charge in [0, 0.05) is 25.6 Å². The molecule has 0 bridgehead atoms. The first kappa shape index (κ1) is 17.7. The second-order valence-corrected chi connectivity index (χ2v) is 6.66. The van der Waals surface area contributed by atoms with E-state index in [4.69, 9.17) is 11.6 Å². The number of amides is 2. The van der Waals surface area contributed by atoms with E-state index in [0.717, 1.165) is 12.8 Å². The maximum absolute atomic E-state index is 13.9. The van der Waals surface area contributed by atoms with E-state index in [-0.39, 0.29) is 34.2 Å². The second-order valence-electron chi connectivity index (χ2n) is 6.26. The Morgan fingerprint density at radius 3 is 2.83 bits per heavy atom. The fourth-order valence-corrected chi connectivity index (χ4v) is 2.97. The number of piperidine rings is 1. The molecule has 1 fully saturated rings. The fraction of sp³-hybridized carbons (Fsp3) is 0.529. The van der Waals surface area contributed by atoms with Crippen molar-refractivity contribution in [2.24, 2.45) is 11.8 Å². The van der Waals surface area contributed by atoms with Crippen molar-refractivity contribution in [3.05, 3.63) is 34.6 Å². The highest BCUT2D eigenvalue weighted by Crippen LogP contribution is 2.24. The van der Waals surface area contributed by atoms with Crippen LogP contribution in [0.5, 0.6) is 0 Å². The van der Waals surface area contributed by atoms with Gasteiger partial charge in [0.15, 0.2) is 0 Å². The fourth-order valence-electron chi connectivity index (χ4n) is 2.73. The molecule has 1 heterocycles. The standard InChI is InChI=1S/C17H22ClFN2O2/c1-11(2)16(22)20-9-12-5-4-8-21(10-12)17(23)15-13(18)6-3-7-14(15)19/h3,6-7,11-12H,4-5,8-10H2,1-2H3,(H,20,22)/t12-/m1/s1. The molecule has 1 aromatic carbocycles. The first-order valence-corrected chi connectivity index (χ1v) is 8.29. The Morgan fingerprint density at radius 1 is 1.43 bits per heavy atom. The summed E-state index contributed by atoms with van der Waals surface area (Å²) in [6.07, 6.45) is 1.77. The molecule has 1 atom stereocenters. The number of hydrogen-bond acceptors (Lipinski definition) is 2. The molecule has 1 aromatic rings. The van der Waals surface area contributed by atoms with E-state index in [1.165, 1.54) is 18.2 Å². The molecule has 23 heavy (non-hydrogen) atoms. The van der Waals surface area contributed by atoms with Crippen molar-refractivity contribution >= 4 is 23.4 Å². The van der Waals surface area contributed by atoms with Crippen molar-refractivity contribution in [2.45, 2.75) is 26.7 Å². The lowest BCUT2D eigenvalue weighted by Crippen LogP contribution is -2.44. The van der Waals surface area contributed by atoms with Gasteiger partial charge in [-0.25, -0.2) is 4.39 Å². The Hall–Kier alpha value is -1.62. The van der Waals surface area contributed by atoms with Gasteiger partial charge in [-0.3, -0.25) is 9.59 Å². The number of carbonyl (C=O) groups is 2. The van der Waals surface area contributed by atoms with Gasteiger partial charge in [0.05, 0.1) is 10.6 Å². The van der Waals surface area contributed by atoms with Crippen LogP contribution in [0.2, 0.25) is 5.02 Å². The molecule has 6 heteroatoms. The summed E-state index contributed by atoms with van der Waals surface area (Å²) in [5.41, 5.74) is -0.0685. The molecule has 0 unspecified atom stereocenters. The van der Waals surface area contributed by atoms with Gasteiger partial charge in [0.1, 0.15) is 5.82 Å². The molecule has 0 radical (unpaired) electrons. The van der Waals surface area contributed by atoms with Gasteiger partial charge in [-0.1, -0.05) is 31.5 Å². The van der Waals surface area contributed by atoms with Crippen LogP contribution in [-0.2, 0) is 4.79 Å². The smallest absolute Gasteiger partial charge is 0.258 e. The van der Waals surface area contributed by atoms with Crippen molar-refractivity contribution < 1.29 is 14.0 Å². The van der Waals surface area contributed by atoms with Crippen molar-refractivity contribution in [3.63, 3.8) is 0 Å². The van der Waals surface area contributed by atoms with Gasteiger partial charge in [-0.15, -0.1) is 0 Å². The Kier molecular flexibility index (Phi) is 5.99. The number of likely N-dealkylation sites (tertiary alicyclic amines) is 1. The van der Waals surface area contributed by atoms with E-state index in [9.17, 15) is 14.0 Å². The average Bonchev–Trinajstić information content (AvgIpc) is 2.52. The lowest BCUT2D eigenvalue weighted by atomic mass is 9.97. The summed E-state index contributed by atoms with van der Waals surface area (Å²) in [5.74, 6) is -0.856. The Morgan fingerprint density at radius 2 is 2.17 bits per heavy atom. The largest absolute Gasteiger partial charge is 0.356 e. The number of rotatable bonds is 4. The van der Waals surface area contributed by atoms with Crippen LogP contribution < -0.4 is 5.32 Å². The molecular formula is C17H22ClFN2O2. The van der Waals surface area contributed by atoms with Gasteiger partial charge in [-0.2, -0.15) is 0 Å². The lowest BCUT2D eigenvalue weighted by molar-refractivity contribution is -0.124. The Labute approximate surface area is 141 Å². The molecule has 0 aromatic heterocycles. The SMILES string of the molecule is CC(C)C(=O)NC[C@H]1CCCN(C(=O)c2c(F)cccc2Cl)C1. The highest BCUT2D eigenvalue weighted by Gasteiger charge is 2.27. The van der Waals surface area contributed by atoms with Crippen LogP contribution in [0.1, 0.15) is 37.0 Å². The molecule has 2 rings (SSSR count). The third-order valence-electron chi connectivity index (χ3n) is 4.07. The topological polar surface area (TPSA) is 49.4 Å². The summed E-state index contributed by atoms with van der Waals surface area (Å²) in [7, 11) is 0. The molecule has 1 N–H and O–H groups in total. The highest BCUT2D eigenvalue weighted by molar-refractivity contribution is 6.33. The number of nitrogens with one attached hydrogen (secondary N) is 1. The number of nitrogens with zero attached hydrogens (tertiary/aromatic N) is 1. The van der Waals surface area contributed by atoms with E-state index >= 15 is 0 Å². The van der Waals surface area contributed by atoms with E-state index in [0.29, 0.717) is 19.6 Å². The normalized spacial score (nSPS) is 18.1. The number of carbonyl (C=O) groups excluding carboxylic acids is 2. The number of benzene rings is 1. The molecule has 1 aliphatic heterocycles. The summed E-state index contributed by atoms with van der Waals surface area (Å²) in [6, 6.07) is 4.24. The highest BCUT2D eigenvalue weighted by atomic mass is 35.5. The lowest BCUT2D eigenvalue weighted by Gasteiger charge is -2.33. The van der Waals surface area contributed by atoms with Crippen LogP contribution in [0.25, 0.3) is 0 Å². The van der Waals surface area contributed by atoms with Gasteiger partial charge >= 0.3 is 0 Å². The third-order valence-corrected chi connectivity index (χ3v) is 4.39. The van der Waals surface area contributed by atoms with E-state index in [1.807, 2.05) is 13.8 Å². The summed E-state index contributed by atoms with van der Waals surface area (Å²) in [4.78, 5) is 25.8. The zero-order valence-corrected chi connectivity index (χ0v) is 14.2. The van der Waals surface area contributed by atoms with Crippen LogP contribution in [-0.4, -0.2) is 36.3 Å². The summed E-state index contributed by atoms with van der Waals surface area (Å²) in [5, 5.41) is 3.03. The van der Waals surface area contributed by atoms with Gasteiger partial charge in [-0.05, 0) is 30.9 Å². The van der Waals surface area contributed by atoms with Gasteiger partial charge in [0.25, 0.3) is 5.91 Å². The first-order valence-electron chi connectivity index (χ1n) is 7.91. The van der Waals surface area contributed by atoms with Gasteiger partial charge < -0.3 is 10.2 Å². The van der Waals surface area contributed by atoms with Crippen LogP contribution in [0.4, 0.5) is 4.39 Å². The molecule has 0 aliphatic carbocycles. The monoisotopic (exact) mass is 340 g/mol.